The molecule has 1 fully saturated rings. The van der Waals surface area contributed by atoms with E-state index in [1.165, 1.54) is 5.56 Å². The summed E-state index contributed by atoms with van der Waals surface area (Å²) in [6.45, 7) is 5.63. The molecule has 1 aromatic carbocycles. The first kappa shape index (κ1) is 15.5. The number of nitrogens with two attached hydrogens (primary N) is 1. The summed E-state index contributed by atoms with van der Waals surface area (Å²) >= 11 is 0. The Morgan fingerprint density at radius 1 is 1.30 bits per heavy atom. The number of nitrogens with zero attached hydrogens (tertiary/aromatic N) is 3. The van der Waals surface area contributed by atoms with Gasteiger partial charge in [0.1, 0.15) is 0 Å². The van der Waals surface area contributed by atoms with Crippen molar-refractivity contribution in [1.29, 1.82) is 0 Å². The Kier molecular flexibility index (Phi) is 4.32. The smallest absolute Gasteiger partial charge is 0.312 e. The highest BCUT2D eigenvalue weighted by Gasteiger charge is 2.28. The highest BCUT2D eigenvalue weighted by molar-refractivity contribution is 5.94. The normalized spacial score (nSPS) is 18.4. The second-order valence-electron chi connectivity index (χ2n) is 6.35. The number of hydrogen-bond acceptors (Lipinski definition) is 5. The summed E-state index contributed by atoms with van der Waals surface area (Å²) in [7, 11) is 0. The lowest BCUT2D eigenvalue weighted by atomic mass is 9.96. The maximum Gasteiger partial charge on any atom is 0.312 e. The summed E-state index contributed by atoms with van der Waals surface area (Å²) in [5.74, 6) is 1.10. The third-order valence-electron chi connectivity index (χ3n) is 4.34. The number of nitrogen functional groups attached to an aromatic ring is 1. The molecule has 0 saturated carbocycles. The van der Waals surface area contributed by atoms with Gasteiger partial charge in [0.05, 0.1) is 5.92 Å². The van der Waals surface area contributed by atoms with Gasteiger partial charge >= 0.3 is 6.01 Å². The number of rotatable bonds is 3. The third-order valence-corrected chi connectivity index (χ3v) is 4.34. The molecule has 1 aromatic heterocycles. The van der Waals surface area contributed by atoms with E-state index in [0.717, 1.165) is 24.9 Å². The van der Waals surface area contributed by atoms with Crippen LogP contribution in [0.2, 0.25) is 0 Å². The predicted molar refractivity (Wildman–Crippen MR) is 87.1 cm³/mol. The number of carbonyl (C=O) groups excluding carboxylic acids is 1. The summed E-state index contributed by atoms with van der Waals surface area (Å²) < 4.78 is 5.32. The number of amides is 1. The molecule has 1 unspecified atom stereocenters. The second-order valence-corrected chi connectivity index (χ2v) is 6.35. The van der Waals surface area contributed by atoms with Crippen LogP contribution in [0.4, 0.5) is 6.01 Å². The SMILES string of the molecule is CC(C)c1ccc(C(=O)N2CCCC(c3nnc(N)o3)C2)cc1. The Labute approximate surface area is 135 Å². The standard InChI is InChI=1S/C17H22N4O2/c1-11(2)12-5-7-13(8-6-12)16(22)21-9-3-4-14(10-21)15-19-20-17(18)23-15/h5-8,11,14H,3-4,9-10H2,1-2H3,(H2,18,20). The average molecular weight is 314 g/mol. The van der Waals surface area contributed by atoms with Crippen molar-refractivity contribution in [3.05, 3.63) is 41.3 Å². The number of piperidine rings is 1. The van der Waals surface area contributed by atoms with Gasteiger partial charge < -0.3 is 15.1 Å². The van der Waals surface area contributed by atoms with E-state index in [2.05, 4.69) is 24.0 Å². The minimum absolute atomic E-state index is 0.0532. The summed E-state index contributed by atoms with van der Waals surface area (Å²) in [4.78, 5) is 14.6. The van der Waals surface area contributed by atoms with Crippen LogP contribution in [-0.2, 0) is 0 Å². The first-order valence-corrected chi connectivity index (χ1v) is 8.02. The molecule has 2 heterocycles. The van der Waals surface area contributed by atoms with Crippen molar-refractivity contribution < 1.29 is 9.21 Å². The molecule has 6 nitrogen and oxygen atoms in total. The number of likely N-dealkylation sites (tertiary alicyclic amines) is 1. The zero-order valence-corrected chi connectivity index (χ0v) is 13.5. The molecular weight excluding hydrogens is 292 g/mol. The summed E-state index contributed by atoms with van der Waals surface area (Å²) in [5.41, 5.74) is 7.45. The number of carbonyl (C=O) groups is 1. The Hall–Kier alpha value is -2.37. The predicted octanol–water partition coefficient (Wildman–Crippen LogP) is 2.80. The first-order valence-electron chi connectivity index (χ1n) is 8.02. The van der Waals surface area contributed by atoms with E-state index in [-0.39, 0.29) is 17.8 Å². The lowest BCUT2D eigenvalue weighted by Gasteiger charge is -2.31. The molecule has 23 heavy (non-hydrogen) atoms. The largest absolute Gasteiger partial charge is 0.408 e. The van der Waals surface area contributed by atoms with Crippen LogP contribution in [0.15, 0.2) is 28.7 Å². The van der Waals surface area contributed by atoms with E-state index in [0.29, 0.717) is 18.4 Å². The average Bonchev–Trinajstić information content (AvgIpc) is 3.01. The van der Waals surface area contributed by atoms with Crippen LogP contribution < -0.4 is 5.73 Å². The molecule has 0 aliphatic carbocycles. The zero-order chi connectivity index (χ0) is 16.4. The first-order chi connectivity index (χ1) is 11.0. The van der Waals surface area contributed by atoms with Crippen LogP contribution >= 0.6 is 0 Å². The molecule has 1 aliphatic heterocycles. The van der Waals surface area contributed by atoms with Gasteiger partial charge in [-0.2, -0.15) is 0 Å². The molecule has 2 N–H and O–H groups in total. The molecule has 0 bridgehead atoms. The fraction of sp³-hybridized carbons (Fsp3) is 0.471. The van der Waals surface area contributed by atoms with Gasteiger partial charge in [-0.3, -0.25) is 4.79 Å². The Bertz CT molecular complexity index is 678. The van der Waals surface area contributed by atoms with Gasteiger partial charge in [-0.25, -0.2) is 0 Å². The molecule has 122 valence electrons. The number of aromatic nitrogens is 2. The highest BCUT2D eigenvalue weighted by Crippen LogP contribution is 2.27. The molecule has 1 amide bonds. The fourth-order valence-electron chi connectivity index (χ4n) is 2.97. The molecular formula is C17H22N4O2. The minimum Gasteiger partial charge on any atom is -0.408 e. The van der Waals surface area contributed by atoms with E-state index in [4.69, 9.17) is 10.2 Å². The van der Waals surface area contributed by atoms with E-state index < -0.39 is 0 Å². The molecule has 1 aliphatic rings. The lowest BCUT2D eigenvalue weighted by molar-refractivity contribution is 0.0698. The van der Waals surface area contributed by atoms with E-state index in [9.17, 15) is 4.79 Å². The number of hydrogen-bond donors (Lipinski definition) is 1. The Balaban J connectivity index is 1.71. The molecule has 1 atom stereocenters. The van der Waals surface area contributed by atoms with Crippen LogP contribution in [-0.4, -0.2) is 34.1 Å². The van der Waals surface area contributed by atoms with Crippen molar-refractivity contribution in [2.45, 2.75) is 38.5 Å². The van der Waals surface area contributed by atoms with Gasteiger partial charge in [0.25, 0.3) is 5.91 Å². The van der Waals surface area contributed by atoms with Crippen molar-refractivity contribution in [3.63, 3.8) is 0 Å². The van der Waals surface area contributed by atoms with Crippen molar-refractivity contribution >= 4 is 11.9 Å². The van der Waals surface area contributed by atoms with Crippen molar-refractivity contribution in [2.24, 2.45) is 0 Å². The molecule has 1 saturated heterocycles. The van der Waals surface area contributed by atoms with Crippen LogP contribution in [0, 0.1) is 0 Å². The van der Waals surface area contributed by atoms with Crippen LogP contribution in [0.25, 0.3) is 0 Å². The molecule has 3 rings (SSSR count). The second kappa shape index (κ2) is 6.40. The molecule has 0 spiro atoms. The maximum atomic E-state index is 12.7. The maximum absolute atomic E-state index is 12.7. The van der Waals surface area contributed by atoms with Gasteiger partial charge in [0.2, 0.25) is 5.89 Å². The van der Waals surface area contributed by atoms with Crippen LogP contribution in [0.3, 0.4) is 0 Å². The van der Waals surface area contributed by atoms with Gasteiger partial charge in [-0.1, -0.05) is 31.1 Å². The van der Waals surface area contributed by atoms with Crippen molar-refractivity contribution in [3.8, 4) is 0 Å². The zero-order valence-electron chi connectivity index (χ0n) is 13.5. The Morgan fingerprint density at radius 2 is 2.04 bits per heavy atom. The summed E-state index contributed by atoms with van der Waals surface area (Å²) in [6, 6.07) is 7.95. The van der Waals surface area contributed by atoms with Gasteiger partial charge in [-0.05, 0) is 36.5 Å². The van der Waals surface area contributed by atoms with Crippen molar-refractivity contribution in [2.75, 3.05) is 18.8 Å². The van der Waals surface area contributed by atoms with E-state index in [1.54, 1.807) is 0 Å². The van der Waals surface area contributed by atoms with Crippen molar-refractivity contribution in [1.82, 2.24) is 15.1 Å². The van der Waals surface area contributed by atoms with Gasteiger partial charge in [-0.15, -0.1) is 5.10 Å². The van der Waals surface area contributed by atoms with Gasteiger partial charge in [0, 0.05) is 18.7 Å². The van der Waals surface area contributed by atoms with Crippen LogP contribution in [0.5, 0.6) is 0 Å². The number of anilines is 1. The summed E-state index contributed by atoms with van der Waals surface area (Å²) in [5, 5.41) is 7.66. The van der Waals surface area contributed by atoms with Crippen LogP contribution in [0.1, 0.15) is 60.3 Å². The Morgan fingerprint density at radius 3 is 2.65 bits per heavy atom. The fourth-order valence-corrected chi connectivity index (χ4v) is 2.97. The third kappa shape index (κ3) is 3.36. The number of benzene rings is 1. The molecule has 2 aromatic rings. The molecule has 6 heteroatoms. The monoisotopic (exact) mass is 314 g/mol. The minimum atomic E-state index is 0.0532. The topological polar surface area (TPSA) is 85.2 Å². The van der Waals surface area contributed by atoms with E-state index >= 15 is 0 Å². The lowest BCUT2D eigenvalue weighted by Crippen LogP contribution is -2.39. The molecule has 0 radical (unpaired) electrons. The van der Waals surface area contributed by atoms with E-state index in [1.807, 2.05) is 29.2 Å². The highest BCUT2D eigenvalue weighted by atomic mass is 16.4. The summed E-state index contributed by atoms with van der Waals surface area (Å²) in [6.07, 6.45) is 1.85. The van der Waals surface area contributed by atoms with Gasteiger partial charge in [0.15, 0.2) is 0 Å². The quantitative estimate of drug-likeness (QED) is 0.941.